The van der Waals surface area contributed by atoms with Crippen LogP contribution in [0.4, 0.5) is 0 Å². The van der Waals surface area contributed by atoms with Crippen molar-refractivity contribution < 1.29 is 9.59 Å². The molecule has 1 N–H and O–H groups in total. The van der Waals surface area contributed by atoms with Crippen LogP contribution < -0.4 is 5.32 Å². The van der Waals surface area contributed by atoms with E-state index >= 15 is 0 Å². The lowest BCUT2D eigenvalue weighted by Crippen LogP contribution is -2.70. The minimum absolute atomic E-state index is 0.129. The number of rotatable bonds is 4. The van der Waals surface area contributed by atoms with Crippen molar-refractivity contribution in [2.24, 2.45) is 11.8 Å². The smallest absolute Gasteiger partial charge is 0.249 e. The van der Waals surface area contributed by atoms with Gasteiger partial charge < -0.3 is 10.2 Å². The van der Waals surface area contributed by atoms with Crippen LogP contribution >= 0.6 is 0 Å². The molecule has 4 nitrogen and oxygen atoms in total. The maximum atomic E-state index is 13.0. The number of hydrogen-bond donors (Lipinski definition) is 1. The summed E-state index contributed by atoms with van der Waals surface area (Å²) in [6, 6.07) is -0.160. The summed E-state index contributed by atoms with van der Waals surface area (Å²) in [6.45, 7) is 0.805. The summed E-state index contributed by atoms with van der Waals surface area (Å²) >= 11 is 0. The minimum atomic E-state index is -0.536. The molecule has 20 heavy (non-hydrogen) atoms. The van der Waals surface area contributed by atoms with Crippen LogP contribution in [0.3, 0.4) is 0 Å². The highest BCUT2D eigenvalue weighted by molar-refractivity contribution is 6.00. The molecule has 0 aromatic heterocycles. The van der Waals surface area contributed by atoms with Crippen LogP contribution in [0.15, 0.2) is 0 Å². The van der Waals surface area contributed by atoms with E-state index in [1.807, 2.05) is 4.90 Å². The molecule has 3 aliphatic carbocycles. The summed E-state index contributed by atoms with van der Waals surface area (Å²) in [5, 5.41) is 3.12. The molecule has 1 spiro atoms. The van der Waals surface area contributed by atoms with E-state index in [1.54, 1.807) is 0 Å². The van der Waals surface area contributed by atoms with Gasteiger partial charge in [-0.05, 0) is 43.9 Å². The first-order chi connectivity index (χ1) is 9.70. The van der Waals surface area contributed by atoms with Crippen molar-refractivity contribution in [3.8, 4) is 0 Å². The van der Waals surface area contributed by atoms with Gasteiger partial charge in [0.2, 0.25) is 11.8 Å². The Morgan fingerprint density at radius 3 is 2.40 bits per heavy atom. The first kappa shape index (κ1) is 12.7. The molecular formula is C16H24N2O2. The molecule has 0 bridgehead atoms. The van der Waals surface area contributed by atoms with Gasteiger partial charge >= 0.3 is 0 Å². The summed E-state index contributed by atoms with van der Waals surface area (Å²) in [5.74, 6) is 1.60. The van der Waals surface area contributed by atoms with Crippen LogP contribution in [0.1, 0.15) is 57.8 Å². The third kappa shape index (κ3) is 2.04. The fraction of sp³-hybridized carbons (Fsp3) is 0.875. The van der Waals surface area contributed by atoms with E-state index in [2.05, 4.69) is 5.32 Å². The topological polar surface area (TPSA) is 49.4 Å². The summed E-state index contributed by atoms with van der Waals surface area (Å²) in [6.07, 6.45) is 9.76. The molecule has 4 rings (SSSR count). The molecule has 1 unspecified atom stereocenters. The Morgan fingerprint density at radius 1 is 1.10 bits per heavy atom. The van der Waals surface area contributed by atoms with Gasteiger partial charge in [-0.3, -0.25) is 9.59 Å². The van der Waals surface area contributed by atoms with E-state index in [4.69, 9.17) is 0 Å². The first-order valence-corrected chi connectivity index (χ1v) is 8.33. The molecule has 3 saturated carbocycles. The predicted molar refractivity (Wildman–Crippen MR) is 74.9 cm³/mol. The van der Waals surface area contributed by atoms with Crippen LogP contribution in [0, 0.1) is 11.8 Å². The number of nitrogens with zero attached hydrogens (tertiary/aromatic N) is 1. The molecule has 1 aliphatic heterocycles. The molecule has 110 valence electrons. The van der Waals surface area contributed by atoms with Gasteiger partial charge in [0.15, 0.2) is 0 Å². The Bertz CT molecular complexity index is 434. The molecule has 1 atom stereocenters. The normalized spacial score (nSPS) is 32.8. The Morgan fingerprint density at radius 2 is 1.80 bits per heavy atom. The fourth-order valence-electron chi connectivity index (χ4n) is 4.07. The van der Waals surface area contributed by atoms with Gasteiger partial charge in [-0.1, -0.05) is 25.7 Å². The quantitative estimate of drug-likeness (QED) is 0.851. The lowest BCUT2D eigenvalue weighted by atomic mass is 9.89. The Hall–Kier alpha value is -1.06. The zero-order chi connectivity index (χ0) is 13.7. The number of carbonyl (C=O) groups is 2. The van der Waals surface area contributed by atoms with Crippen molar-refractivity contribution >= 4 is 11.8 Å². The van der Waals surface area contributed by atoms with E-state index in [-0.39, 0.29) is 17.9 Å². The van der Waals surface area contributed by atoms with E-state index < -0.39 is 5.54 Å². The zero-order valence-corrected chi connectivity index (χ0v) is 12.1. The monoisotopic (exact) mass is 276 g/mol. The van der Waals surface area contributed by atoms with Gasteiger partial charge in [0.1, 0.15) is 11.6 Å². The van der Waals surface area contributed by atoms with Crippen LogP contribution in [-0.2, 0) is 9.59 Å². The van der Waals surface area contributed by atoms with Crippen LogP contribution in [-0.4, -0.2) is 34.8 Å². The summed E-state index contributed by atoms with van der Waals surface area (Å²) in [5.41, 5.74) is -0.536. The van der Waals surface area contributed by atoms with Crippen LogP contribution in [0.5, 0.6) is 0 Å². The molecule has 2 amide bonds. The molecule has 4 aliphatic rings. The van der Waals surface area contributed by atoms with Crippen molar-refractivity contribution in [3.05, 3.63) is 0 Å². The van der Waals surface area contributed by atoms with Gasteiger partial charge in [-0.2, -0.15) is 0 Å². The molecule has 0 aromatic rings. The van der Waals surface area contributed by atoms with Gasteiger partial charge in [0, 0.05) is 6.54 Å². The standard InChI is InChI=1S/C16H24N2O2/c19-14-13(12-5-6-12)18(10-7-11-3-4-11)15(20)16(17-14)8-1-2-9-16/h11-13H,1-10H2,(H,17,19). The number of nitrogens with one attached hydrogen (secondary N) is 1. The highest BCUT2D eigenvalue weighted by Gasteiger charge is 2.55. The average molecular weight is 276 g/mol. The van der Waals surface area contributed by atoms with Gasteiger partial charge in [0.05, 0.1) is 0 Å². The first-order valence-electron chi connectivity index (χ1n) is 8.33. The van der Waals surface area contributed by atoms with Gasteiger partial charge in [-0.25, -0.2) is 0 Å². The molecule has 0 aromatic carbocycles. The second-order valence-corrected chi connectivity index (χ2v) is 7.29. The highest BCUT2D eigenvalue weighted by Crippen LogP contribution is 2.42. The molecular weight excluding hydrogens is 252 g/mol. The molecule has 4 heteroatoms. The van der Waals surface area contributed by atoms with Crippen molar-refractivity contribution in [3.63, 3.8) is 0 Å². The third-order valence-corrected chi connectivity index (χ3v) is 5.64. The molecule has 1 saturated heterocycles. The third-order valence-electron chi connectivity index (χ3n) is 5.64. The number of hydrogen-bond acceptors (Lipinski definition) is 2. The minimum Gasteiger partial charge on any atom is -0.340 e. The number of amides is 2. The molecule has 0 radical (unpaired) electrons. The number of piperazine rings is 1. The predicted octanol–water partition coefficient (Wildman–Crippen LogP) is 1.84. The van der Waals surface area contributed by atoms with E-state index in [0.29, 0.717) is 5.92 Å². The number of carbonyl (C=O) groups excluding carboxylic acids is 2. The van der Waals surface area contributed by atoms with E-state index in [0.717, 1.165) is 57.4 Å². The zero-order valence-electron chi connectivity index (χ0n) is 12.1. The highest BCUT2D eigenvalue weighted by atomic mass is 16.2. The van der Waals surface area contributed by atoms with Crippen molar-refractivity contribution in [2.75, 3.05) is 6.54 Å². The van der Waals surface area contributed by atoms with Gasteiger partial charge in [0.25, 0.3) is 0 Å². The Kier molecular flexibility index (Phi) is 2.83. The largest absolute Gasteiger partial charge is 0.340 e. The average Bonchev–Trinajstić information content (AvgIpc) is 3.33. The van der Waals surface area contributed by atoms with Gasteiger partial charge in [-0.15, -0.1) is 0 Å². The second-order valence-electron chi connectivity index (χ2n) is 7.29. The summed E-state index contributed by atoms with van der Waals surface area (Å²) in [4.78, 5) is 27.5. The summed E-state index contributed by atoms with van der Waals surface area (Å²) in [7, 11) is 0. The lowest BCUT2D eigenvalue weighted by molar-refractivity contribution is -0.155. The van der Waals surface area contributed by atoms with Crippen LogP contribution in [0.25, 0.3) is 0 Å². The Labute approximate surface area is 120 Å². The van der Waals surface area contributed by atoms with Crippen molar-refractivity contribution in [1.29, 1.82) is 0 Å². The SMILES string of the molecule is O=C1NC2(CCCC2)C(=O)N(CCC2CC2)C1C1CC1. The fourth-order valence-corrected chi connectivity index (χ4v) is 4.07. The lowest BCUT2D eigenvalue weighted by Gasteiger charge is -2.44. The van der Waals surface area contributed by atoms with E-state index in [9.17, 15) is 9.59 Å². The second kappa shape index (κ2) is 4.47. The Balaban J connectivity index is 1.57. The van der Waals surface area contributed by atoms with Crippen LogP contribution in [0.2, 0.25) is 0 Å². The van der Waals surface area contributed by atoms with Crippen molar-refractivity contribution in [2.45, 2.75) is 69.4 Å². The van der Waals surface area contributed by atoms with Crippen molar-refractivity contribution in [1.82, 2.24) is 10.2 Å². The maximum Gasteiger partial charge on any atom is 0.249 e. The van der Waals surface area contributed by atoms with E-state index in [1.165, 1.54) is 12.8 Å². The summed E-state index contributed by atoms with van der Waals surface area (Å²) < 4.78 is 0. The molecule has 1 heterocycles. The maximum absolute atomic E-state index is 13.0. The molecule has 4 fully saturated rings.